The van der Waals surface area contributed by atoms with Crippen LogP contribution in [0.1, 0.15) is 11.1 Å². The average molecular weight is 306 g/mol. The number of hydrogen-bond acceptors (Lipinski definition) is 4. The highest BCUT2D eigenvalue weighted by Crippen LogP contribution is 2.28. The third kappa shape index (κ3) is 3.46. The summed E-state index contributed by atoms with van der Waals surface area (Å²) in [7, 11) is -2.33. The predicted molar refractivity (Wildman–Crippen MR) is 84.1 cm³/mol. The number of benzene rings is 2. The Morgan fingerprint density at radius 1 is 1.05 bits per heavy atom. The first kappa shape index (κ1) is 15.2. The second kappa shape index (κ2) is 5.65. The molecule has 0 aliphatic carbocycles. The number of aryl methyl sites for hydroxylation is 2. The van der Waals surface area contributed by atoms with Crippen LogP contribution in [0.3, 0.4) is 0 Å². The summed E-state index contributed by atoms with van der Waals surface area (Å²) >= 11 is 0. The number of ether oxygens (including phenoxy) is 1. The molecule has 0 aromatic heterocycles. The van der Waals surface area contributed by atoms with E-state index in [1.165, 1.54) is 25.3 Å². The average Bonchev–Trinajstić information content (AvgIpc) is 2.36. The first-order chi connectivity index (χ1) is 9.81. The maximum Gasteiger partial charge on any atom is 0.265 e. The molecule has 112 valence electrons. The van der Waals surface area contributed by atoms with Crippen molar-refractivity contribution in [2.45, 2.75) is 18.7 Å². The van der Waals surface area contributed by atoms with Crippen molar-refractivity contribution >= 4 is 21.4 Å². The minimum absolute atomic E-state index is 0.0540. The third-order valence-corrected chi connectivity index (χ3v) is 4.37. The van der Waals surface area contributed by atoms with E-state index in [1.54, 1.807) is 12.1 Å². The van der Waals surface area contributed by atoms with E-state index in [2.05, 4.69) is 4.72 Å². The fourth-order valence-corrected chi connectivity index (χ4v) is 3.34. The smallest absolute Gasteiger partial charge is 0.265 e. The van der Waals surface area contributed by atoms with Crippen molar-refractivity contribution in [1.29, 1.82) is 0 Å². The maximum atomic E-state index is 12.5. The van der Waals surface area contributed by atoms with Crippen LogP contribution >= 0.6 is 0 Å². The quantitative estimate of drug-likeness (QED) is 0.851. The molecule has 6 heteroatoms. The van der Waals surface area contributed by atoms with Gasteiger partial charge in [-0.2, -0.15) is 0 Å². The second-order valence-corrected chi connectivity index (χ2v) is 6.54. The molecule has 0 aliphatic rings. The van der Waals surface area contributed by atoms with Crippen LogP contribution in [0.25, 0.3) is 0 Å². The van der Waals surface area contributed by atoms with Crippen molar-refractivity contribution in [2.75, 3.05) is 17.6 Å². The molecule has 0 heterocycles. The largest absolute Gasteiger partial charge is 0.495 e. The normalized spacial score (nSPS) is 11.2. The zero-order valence-electron chi connectivity index (χ0n) is 12.2. The molecule has 0 saturated carbocycles. The monoisotopic (exact) mass is 306 g/mol. The van der Waals surface area contributed by atoms with E-state index in [1.807, 2.05) is 19.9 Å². The Hall–Kier alpha value is -2.21. The summed E-state index contributed by atoms with van der Waals surface area (Å²) in [5, 5.41) is 0. The van der Waals surface area contributed by atoms with E-state index in [-0.39, 0.29) is 10.6 Å². The van der Waals surface area contributed by atoms with Crippen LogP contribution in [-0.4, -0.2) is 15.5 Å². The summed E-state index contributed by atoms with van der Waals surface area (Å²) in [5.41, 5.74) is 8.57. The van der Waals surface area contributed by atoms with Gasteiger partial charge >= 0.3 is 0 Å². The van der Waals surface area contributed by atoms with E-state index in [0.29, 0.717) is 11.4 Å². The number of nitrogen functional groups attached to an aromatic ring is 1. The lowest BCUT2D eigenvalue weighted by atomic mass is 10.1. The van der Waals surface area contributed by atoms with E-state index >= 15 is 0 Å². The van der Waals surface area contributed by atoms with Crippen LogP contribution in [0.2, 0.25) is 0 Å². The Bertz CT molecular complexity index is 750. The minimum Gasteiger partial charge on any atom is -0.495 e. The Kier molecular flexibility index (Phi) is 4.09. The minimum atomic E-state index is -3.74. The summed E-state index contributed by atoms with van der Waals surface area (Å²) in [6, 6.07) is 9.96. The van der Waals surface area contributed by atoms with Gasteiger partial charge in [0, 0.05) is 17.4 Å². The van der Waals surface area contributed by atoms with E-state index in [0.717, 1.165) is 11.1 Å². The Morgan fingerprint density at radius 2 is 1.67 bits per heavy atom. The predicted octanol–water partition coefficient (Wildman–Crippen LogP) is 2.70. The molecule has 0 aliphatic heterocycles. The van der Waals surface area contributed by atoms with Crippen LogP contribution < -0.4 is 15.2 Å². The molecule has 2 aromatic carbocycles. The number of hydrogen-bond donors (Lipinski definition) is 2. The summed E-state index contributed by atoms with van der Waals surface area (Å²) in [5.74, 6) is 0.215. The number of nitrogens with one attached hydrogen (secondary N) is 1. The Labute approximate surface area is 124 Å². The van der Waals surface area contributed by atoms with Crippen molar-refractivity contribution in [3.05, 3.63) is 47.5 Å². The number of nitrogens with two attached hydrogens (primary N) is 1. The Balaban J connectivity index is 2.43. The molecule has 3 N–H and O–H groups in total. The molecule has 0 unspecified atom stereocenters. The number of sulfonamides is 1. The summed E-state index contributed by atoms with van der Waals surface area (Å²) in [6.07, 6.45) is 0. The molecule has 0 spiro atoms. The molecule has 0 radical (unpaired) electrons. The van der Waals surface area contributed by atoms with Gasteiger partial charge in [-0.05, 0) is 49.2 Å². The van der Waals surface area contributed by atoms with Gasteiger partial charge in [-0.15, -0.1) is 0 Å². The number of methoxy groups -OCH3 is 1. The van der Waals surface area contributed by atoms with E-state index in [9.17, 15) is 8.42 Å². The molecule has 5 nitrogen and oxygen atoms in total. The molecule has 0 saturated heterocycles. The second-order valence-electron chi connectivity index (χ2n) is 4.89. The van der Waals surface area contributed by atoms with Gasteiger partial charge in [-0.3, -0.25) is 4.72 Å². The van der Waals surface area contributed by atoms with Crippen molar-refractivity contribution in [3.63, 3.8) is 0 Å². The molecule has 0 fully saturated rings. The molecule has 2 aromatic rings. The van der Waals surface area contributed by atoms with Crippen molar-refractivity contribution in [2.24, 2.45) is 0 Å². The van der Waals surface area contributed by atoms with Gasteiger partial charge in [0.1, 0.15) is 10.6 Å². The van der Waals surface area contributed by atoms with Gasteiger partial charge in [-0.25, -0.2) is 8.42 Å². The maximum absolute atomic E-state index is 12.5. The highest BCUT2D eigenvalue weighted by Gasteiger charge is 2.20. The summed E-state index contributed by atoms with van der Waals surface area (Å²) in [4.78, 5) is 0.0540. The van der Waals surface area contributed by atoms with Gasteiger partial charge in [-0.1, -0.05) is 6.07 Å². The summed E-state index contributed by atoms with van der Waals surface area (Å²) in [6.45, 7) is 3.82. The molecule has 21 heavy (non-hydrogen) atoms. The standard InChI is InChI=1S/C15H18N2O3S/c1-10-6-11(2)8-13(7-10)17-21(18,19)15-5-4-12(16)9-14(15)20-3/h4-9,17H,16H2,1-3H3. The fourth-order valence-electron chi connectivity index (χ4n) is 2.15. The molecule has 0 atom stereocenters. The van der Waals surface area contributed by atoms with Crippen LogP contribution in [0.4, 0.5) is 11.4 Å². The summed E-state index contributed by atoms with van der Waals surface area (Å²) < 4.78 is 32.6. The van der Waals surface area contributed by atoms with Gasteiger partial charge in [0.05, 0.1) is 7.11 Å². The third-order valence-electron chi connectivity index (χ3n) is 2.95. The van der Waals surface area contributed by atoms with Crippen molar-refractivity contribution in [3.8, 4) is 5.75 Å². The number of anilines is 2. The van der Waals surface area contributed by atoms with Crippen molar-refractivity contribution in [1.82, 2.24) is 0 Å². The molecule has 2 rings (SSSR count). The lowest BCUT2D eigenvalue weighted by molar-refractivity contribution is 0.403. The number of rotatable bonds is 4. The fraction of sp³-hybridized carbons (Fsp3) is 0.200. The van der Waals surface area contributed by atoms with Crippen LogP contribution in [-0.2, 0) is 10.0 Å². The van der Waals surface area contributed by atoms with Gasteiger partial charge in [0.2, 0.25) is 0 Å². The van der Waals surface area contributed by atoms with Gasteiger partial charge in [0.25, 0.3) is 10.0 Å². The molecule has 0 bridgehead atoms. The molecular weight excluding hydrogens is 288 g/mol. The topological polar surface area (TPSA) is 81.4 Å². The van der Waals surface area contributed by atoms with Crippen LogP contribution in [0.5, 0.6) is 5.75 Å². The van der Waals surface area contributed by atoms with E-state index < -0.39 is 10.0 Å². The first-order valence-electron chi connectivity index (χ1n) is 6.36. The highest BCUT2D eigenvalue weighted by molar-refractivity contribution is 7.92. The van der Waals surface area contributed by atoms with Gasteiger partial charge < -0.3 is 10.5 Å². The van der Waals surface area contributed by atoms with Crippen LogP contribution in [0.15, 0.2) is 41.3 Å². The van der Waals surface area contributed by atoms with Crippen molar-refractivity contribution < 1.29 is 13.2 Å². The first-order valence-corrected chi connectivity index (χ1v) is 7.85. The zero-order valence-corrected chi connectivity index (χ0v) is 13.0. The lowest BCUT2D eigenvalue weighted by Gasteiger charge is -2.13. The zero-order chi connectivity index (χ0) is 15.6. The van der Waals surface area contributed by atoms with Crippen LogP contribution in [0, 0.1) is 13.8 Å². The lowest BCUT2D eigenvalue weighted by Crippen LogP contribution is -2.14. The van der Waals surface area contributed by atoms with Gasteiger partial charge in [0.15, 0.2) is 0 Å². The molecular formula is C15H18N2O3S. The SMILES string of the molecule is COc1cc(N)ccc1S(=O)(=O)Nc1cc(C)cc(C)c1. The Morgan fingerprint density at radius 3 is 2.24 bits per heavy atom. The van der Waals surface area contributed by atoms with E-state index in [4.69, 9.17) is 10.5 Å². The molecule has 0 amide bonds. The highest BCUT2D eigenvalue weighted by atomic mass is 32.2.